The molecular formula is C27H28Cl2FN3O4S. The van der Waals surface area contributed by atoms with Crippen LogP contribution in [0.5, 0.6) is 0 Å². The van der Waals surface area contributed by atoms with E-state index in [0.29, 0.717) is 10.6 Å². The molecule has 0 spiro atoms. The van der Waals surface area contributed by atoms with Crippen LogP contribution in [0.2, 0.25) is 10.0 Å². The van der Waals surface area contributed by atoms with E-state index >= 15 is 0 Å². The van der Waals surface area contributed by atoms with Crippen LogP contribution in [-0.2, 0) is 26.2 Å². The van der Waals surface area contributed by atoms with Crippen molar-refractivity contribution in [3.05, 3.63) is 93.7 Å². The number of anilines is 1. The lowest BCUT2D eigenvalue weighted by molar-refractivity contribution is -0.140. The second-order valence-electron chi connectivity index (χ2n) is 8.61. The molecule has 1 N–H and O–H groups in total. The van der Waals surface area contributed by atoms with E-state index in [9.17, 15) is 22.4 Å². The molecule has 0 radical (unpaired) electrons. The van der Waals surface area contributed by atoms with Crippen LogP contribution >= 0.6 is 23.2 Å². The minimum absolute atomic E-state index is 0.0243. The summed E-state index contributed by atoms with van der Waals surface area (Å²) in [6.07, 6.45) is 0.272. The zero-order valence-electron chi connectivity index (χ0n) is 21.1. The van der Waals surface area contributed by atoms with Crippen LogP contribution in [0, 0.1) is 12.7 Å². The Bertz CT molecular complexity index is 1400. The maximum Gasteiger partial charge on any atom is 0.264 e. The first-order chi connectivity index (χ1) is 18.0. The van der Waals surface area contributed by atoms with Gasteiger partial charge in [-0.15, -0.1) is 0 Å². The average Bonchev–Trinajstić information content (AvgIpc) is 2.89. The predicted octanol–water partition coefficient (Wildman–Crippen LogP) is 5.19. The maximum atomic E-state index is 13.8. The summed E-state index contributed by atoms with van der Waals surface area (Å²) in [5.74, 6) is -1.60. The number of nitrogens with zero attached hydrogens (tertiary/aromatic N) is 2. The normalized spacial score (nSPS) is 12.1. The lowest BCUT2D eigenvalue weighted by atomic mass is 10.1. The van der Waals surface area contributed by atoms with Crippen LogP contribution in [0.25, 0.3) is 0 Å². The molecule has 3 aromatic carbocycles. The largest absolute Gasteiger partial charge is 0.357 e. The van der Waals surface area contributed by atoms with Gasteiger partial charge in [0.25, 0.3) is 10.0 Å². The summed E-state index contributed by atoms with van der Waals surface area (Å²) in [5.41, 5.74) is 1.56. The quantitative estimate of drug-likeness (QED) is 0.358. The van der Waals surface area contributed by atoms with E-state index in [2.05, 4.69) is 5.32 Å². The molecule has 0 aromatic heterocycles. The zero-order valence-corrected chi connectivity index (χ0v) is 23.4. The van der Waals surface area contributed by atoms with Crippen molar-refractivity contribution in [3.8, 4) is 0 Å². The highest BCUT2D eigenvalue weighted by molar-refractivity contribution is 7.92. The van der Waals surface area contributed by atoms with Crippen molar-refractivity contribution in [2.24, 2.45) is 0 Å². The number of carbonyl (C=O) groups is 2. The zero-order chi connectivity index (χ0) is 28.0. The molecule has 0 aliphatic carbocycles. The van der Waals surface area contributed by atoms with Gasteiger partial charge in [0, 0.05) is 13.6 Å². The number of benzene rings is 3. The Morgan fingerprint density at radius 3 is 2.16 bits per heavy atom. The first-order valence-corrected chi connectivity index (χ1v) is 14.0. The smallest absolute Gasteiger partial charge is 0.264 e. The van der Waals surface area contributed by atoms with Gasteiger partial charge in [0.15, 0.2) is 0 Å². The molecule has 202 valence electrons. The Morgan fingerprint density at radius 1 is 0.974 bits per heavy atom. The summed E-state index contributed by atoms with van der Waals surface area (Å²) in [6, 6.07) is 14.9. The Kier molecular flexibility index (Phi) is 9.76. The summed E-state index contributed by atoms with van der Waals surface area (Å²) in [6.45, 7) is 2.91. The van der Waals surface area contributed by atoms with Crippen LogP contribution in [0.15, 0.2) is 71.6 Å². The highest BCUT2D eigenvalue weighted by Gasteiger charge is 2.33. The number of hydrogen-bond acceptors (Lipinski definition) is 4. The SMILES string of the molecule is CCC(C(=O)NC)N(Cc1ccc(Cl)c(Cl)c1)C(=O)CN(c1ccc(F)cc1)S(=O)(=O)c1ccc(C)cc1. The molecule has 1 unspecified atom stereocenters. The Morgan fingerprint density at radius 2 is 1.61 bits per heavy atom. The topological polar surface area (TPSA) is 86.8 Å². The van der Waals surface area contributed by atoms with Crippen LogP contribution < -0.4 is 9.62 Å². The first-order valence-electron chi connectivity index (χ1n) is 11.8. The monoisotopic (exact) mass is 579 g/mol. The van der Waals surface area contributed by atoms with E-state index < -0.39 is 40.2 Å². The summed E-state index contributed by atoms with van der Waals surface area (Å²) in [5, 5.41) is 3.17. The number of halogens is 3. The lowest BCUT2D eigenvalue weighted by Gasteiger charge is -2.33. The van der Waals surface area contributed by atoms with Crippen molar-refractivity contribution in [1.82, 2.24) is 10.2 Å². The van der Waals surface area contributed by atoms with Crippen LogP contribution in [0.1, 0.15) is 24.5 Å². The Hall–Kier alpha value is -3.14. The minimum Gasteiger partial charge on any atom is -0.357 e. The second kappa shape index (κ2) is 12.6. The molecule has 3 aromatic rings. The summed E-state index contributed by atoms with van der Waals surface area (Å²) in [4.78, 5) is 27.8. The standard InChI is InChI=1S/C27H28Cl2FN3O4S/c1-4-25(27(35)31-3)32(16-19-7-14-23(28)24(29)15-19)26(34)17-33(21-10-8-20(30)9-11-21)38(36,37)22-12-5-18(2)6-13-22/h5-15,25H,4,16-17H2,1-3H3,(H,31,35). The summed E-state index contributed by atoms with van der Waals surface area (Å²) >= 11 is 12.2. The fourth-order valence-corrected chi connectivity index (χ4v) is 5.63. The molecule has 0 fully saturated rings. The van der Waals surface area contributed by atoms with Gasteiger partial charge in [-0.05, 0) is 67.4 Å². The highest BCUT2D eigenvalue weighted by atomic mass is 35.5. The number of carbonyl (C=O) groups excluding carboxylic acids is 2. The molecule has 38 heavy (non-hydrogen) atoms. The third-order valence-corrected chi connectivity index (χ3v) is 8.50. The number of likely N-dealkylation sites (N-methyl/N-ethyl adjacent to an activating group) is 1. The van der Waals surface area contributed by atoms with E-state index in [1.165, 1.54) is 36.2 Å². The van der Waals surface area contributed by atoms with Gasteiger partial charge in [-0.2, -0.15) is 0 Å². The van der Waals surface area contributed by atoms with Gasteiger partial charge in [0.1, 0.15) is 18.4 Å². The fourth-order valence-electron chi connectivity index (χ4n) is 3.89. The van der Waals surface area contributed by atoms with E-state index in [0.717, 1.165) is 22.0 Å². The maximum absolute atomic E-state index is 13.8. The lowest BCUT2D eigenvalue weighted by Crippen LogP contribution is -2.51. The highest BCUT2D eigenvalue weighted by Crippen LogP contribution is 2.27. The van der Waals surface area contributed by atoms with Gasteiger partial charge in [0.05, 0.1) is 20.6 Å². The number of rotatable bonds is 10. The van der Waals surface area contributed by atoms with Gasteiger partial charge in [0.2, 0.25) is 11.8 Å². The van der Waals surface area contributed by atoms with Crippen molar-refractivity contribution >= 4 is 50.7 Å². The van der Waals surface area contributed by atoms with Gasteiger partial charge < -0.3 is 10.2 Å². The number of aryl methyl sites for hydroxylation is 1. The van der Waals surface area contributed by atoms with Crippen molar-refractivity contribution in [2.75, 3.05) is 17.9 Å². The molecule has 11 heteroatoms. The summed E-state index contributed by atoms with van der Waals surface area (Å²) in [7, 11) is -2.77. The van der Waals surface area contributed by atoms with E-state index in [4.69, 9.17) is 23.2 Å². The third kappa shape index (κ3) is 6.83. The first kappa shape index (κ1) is 29.4. The van der Waals surface area contributed by atoms with Crippen LogP contribution in [0.4, 0.5) is 10.1 Å². The molecule has 3 rings (SSSR count). The van der Waals surface area contributed by atoms with E-state index in [1.807, 2.05) is 6.92 Å². The number of hydrogen-bond donors (Lipinski definition) is 1. The van der Waals surface area contributed by atoms with Crippen LogP contribution in [0.3, 0.4) is 0 Å². The van der Waals surface area contributed by atoms with Gasteiger partial charge in [-0.3, -0.25) is 13.9 Å². The predicted molar refractivity (Wildman–Crippen MR) is 147 cm³/mol. The molecule has 1 atom stereocenters. The summed E-state index contributed by atoms with van der Waals surface area (Å²) < 4.78 is 42.0. The molecule has 0 aliphatic rings. The van der Waals surface area contributed by atoms with E-state index in [1.54, 1.807) is 37.3 Å². The molecule has 7 nitrogen and oxygen atoms in total. The van der Waals surface area contributed by atoms with Crippen LogP contribution in [-0.4, -0.2) is 44.8 Å². The van der Waals surface area contributed by atoms with Crippen molar-refractivity contribution < 1.29 is 22.4 Å². The van der Waals surface area contributed by atoms with Gasteiger partial charge in [-0.25, -0.2) is 12.8 Å². The fraction of sp³-hybridized carbons (Fsp3) is 0.259. The number of amides is 2. The molecule has 2 amide bonds. The third-order valence-electron chi connectivity index (χ3n) is 5.97. The molecule has 0 saturated heterocycles. The molecular weight excluding hydrogens is 552 g/mol. The van der Waals surface area contributed by atoms with Gasteiger partial charge >= 0.3 is 0 Å². The Labute approximate surface area is 232 Å². The minimum atomic E-state index is -4.23. The molecule has 0 bridgehead atoms. The van der Waals surface area contributed by atoms with Gasteiger partial charge in [-0.1, -0.05) is 53.9 Å². The van der Waals surface area contributed by atoms with Crippen molar-refractivity contribution in [1.29, 1.82) is 0 Å². The molecule has 0 saturated carbocycles. The van der Waals surface area contributed by atoms with E-state index in [-0.39, 0.29) is 28.6 Å². The molecule has 0 aliphatic heterocycles. The average molecular weight is 581 g/mol. The van der Waals surface area contributed by atoms with Crippen molar-refractivity contribution in [3.63, 3.8) is 0 Å². The second-order valence-corrected chi connectivity index (χ2v) is 11.3. The molecule has 0 heterocycles. The Balaban J connectivity index is 2.06. The number of nitrogens with one attached hydrogen (secondary N) is 1. The van der Waals surface area contributed by atoms with Crippen molar-refractivity contribution in [2.45, 2.75) is 37.8 Å². The number of sulfonamides is 1.